The predicted octanol–water partition coefficient (Wildman–Crippen LogP) is 2.48. The summed E-state index contributed by atoms with van der Waals surface area (Å²) in [5.41, 5.74) is 7.55. The summed E-state index contributed by atoms with van der Waals surface area (Å²) >= 11 is 11.0. The predicted molar refractivity (Wildman–Crippen MR) is 81.5 cm³/mol. The zero-order valence-corrected chi connectivity index (χ0v) is 12.0. The first kappa shape index (κ1) is 13.6. The first-order valence-corrected chi connectivity index (χ1v) is 6.89. The molecule has 3 N–H and O–H groups in total. The third-order valence-corrected chi connectivity index (χ3v) is 3.78. The Labute approximate surface area is 118 Å². The lowest BCUT2D eigenvalue weighted by Crippen LogP contribution is -2.37. The minimum absolute atomic E-state index is 0.382. The normalized spacial score (nSPS) is 17.7. The van der Waals surface area contributed by atoms with Gasteiger partial charge >= 0.3 is 0 Å². The number of nitrogens with two attached hydrogens (primary N) is 1. The summed E-state index contributed by atoms with van der Waals surface area (Å²) in [5.74, 6) is 0. The van der Waals surface area contributed by atoms with Gasteiger partial charge in [-0.2, -0.15) is 0 Å². The Balaban J connectivity index is 2.11. The number of nitrogens with one attached hydrogen (secondary N) is 1. The van der Waals surface area contributed by atoms with Gasteiger partial charge in [0.25, 0.3) is 0 Å². The van der Waals surface area contributed by atoms with E-state index in [2.05, 4.69) is 17.3 Å². The quantitative estimate of drug-likeness (QED) is 0.837. The van der Waals surface area contributed by atoms with Crippen LogP contribution in [0.3, 0.4) is 0 Å². The van der Waals surface area contributed by atoms with Crippen LogP contribution in [0.1, 0.15) is 18.4 Å². The Kier molecular flexibility index (Phi) is 4.43. The van der Waals surface area contributed by atoms with E-state index in [9.17, 15) is 0 Å². The summed E-state index contributed by atoms with van der Waals surface area (Å²) in [4.78, 5) is 2.72. The summed E-state index contributed by atoms with van der Waals surface area (Å²) < 4.78 is 0. The summed E-state index contributed by atoms with van der Waals surface area (Å²) in [7, 11) is 2.15. The van der Waals surface area contributed by atoms with Crippen molar-refractivity contribution in [3.05, 3.63) is 28.8 Å². The second kappa shape index (κ2) is 5.87. The van der Waals surface area contributed by atoms with Gasteiger partial charge in [0.15, 0.2) is 0 Å². The lowest BCUT2D eigenvalue weighted by molar-refractivity contribution is 0.264. The molecule has 1 fully saturated rings. The molecule has 0 spiro atoms. The SMILES string of the molecule is CN1CCC(Nc2ccc(Cl)cc2C(N)=S)CC1. The molecule has 0 atom stereocenters. The zero-order valence-electron chi connectivity index (χ0n) is 10.4. The van der Waals surface area contributed by atoms with Gasteiger partial charge < -0.3 is 16.0 Å². The molecule has 0 aromatic heterocycles. The number of nitrogens with zero attached hydrogens (tertiary/aromatic N) is 1. The van der Waals surface area contributed by atoms with Crippen LogP contribution >= 0.6 is 23.8 Å². The number of anilines is 1. The largest absolute Gasteiger partial charge is 0.389 e. The van der Waals surface area contributed by atoms with Gasteiger partial charge in [0, 0.05) is 22.3 Å². The third-order valence-electron chi connectivity index (χ3n) is 3.33. The molecule has 98 valence electrons. The number of hydrogen-bond donors (Lipinski definition) is 2. The highest BCUT2D eigenvalue weighted by molar-refractivity contribution is 7.80. The topological polar surface area (TPSA) is 41.3 Å². The van der Waals surface area contributed by atoms with E-state index in [1.807, 2.05) is 18.2 Å². The number of halogens is 1. The number of benzene rings is 1. The minimum Gasteiger partial charge on any atom is -0.389 e. The highest BCUT2D eigenvalue weighted by Crippen LogP contribution is 2.23. The highest BCUT2D eigenvalue weighted by Gasteiger charge is 2.17. The first-order valence-electron chi connectivity index (χ1n) is 6.10. The van der Waals surface area contributed by atoms with Crippen molar-refractivity contribution in [2.75, 3.05) is 25.5 Å². The fraction of sp³-hybridized carbons (Fsp3) is 0.462. The number of piperidine rings is 1. The molecule has 3 nitrogen and oxygen atoms in total. The second-order valence-corrected chi connectivity index (χ2v) is 5.65. The monoisotopic (exact) mass is 283 g/mol. The van der Waals surface area contributed by atoms with Gasteiger partial charge in [0.1, 0.15) is 4.99 Å². The summed E-state index contributed by atoms with van der Waals surface area (Å²) in [5, 5.41) is 4.18. The Morgan fingerprint density at radius 1 is 1.44 bits per heavy atom. The van der Waals surface area contributed by atoms with E-state index in [4.69, 9.17) is 29.6 Å². The van der Waals surface area contributed by atoms with E-state index < -0.39 is 0 Å². The van der Waals surface area contributed by atoms with Gasteiger partial charge in [-0.25, -0.2) is 0 Å². The fourth-order valence-electron chi connectivity index (χ4n) is 2.22. The van der Waals surface area contributed by atoms with Crippen LogP contribution in [-0.4, -0.2) is 36.1 Å². The average molecular weight is 284 g/mol. The standard InChI is InChI=1S/C13H18ClN3S/c1-17-6-4-10(5-7-17)16-12-3-2-9(14)8-11(12)13(15)18/h2-3,8,10,16H,4-7H2,1H3,(H2,15,18). The molecule has 1 heterocycles. The van der Waals surface area contributed by atoms with E-state index in [-0.39, 0.29) is 0 Å². The van der Waals surface area contributed by atoms with Crippen molar-refractivity contribution in [2.45, 2.75) is 18.9 Å². The molecule has 1 aromatic rings. The number of thiocarbonyl (C=S) groups is 1. The number of hydrogen-bond acceptors (Lipinski definition) is 3. The molecule has 18 heavy (non-hydrogen) atoms. The first-order chi connectivity index (χ1) is 8.56. The molecule has 0 amide bonds. The van der Waals surface area contributed by atoms with Crippen LogP contribution in [0.2, 0.25) is 5.02 Å². The second-order valence-electron chi connectivity index (χ2n) is 4.78. The average Bonchev–Trinajstić information content (AvgIpc) is 2.34. The summed E-state index contributed by atoms with van der Waals surface area (Å²) in [6.45, 7) is 2.24. The van der Waals surface area contributed by atoms with Crippen molar-refractivity contribution in [3.63, 3.8) is 0 Å². The van der Waals surface area contributed by atoms with Gasteiger partial charge in [0.2, 0.25) is 0 Å². The molecular weight excluding hydrogens is 266 g/mol. The molecule has 1 aliphatic rings. The Hall–Kier alpha value is -0.840. The molecule has 1 aliphatic heterocycles. The lowest BCUT2D eigenvalue weighted by atomic mass is 10.0. The smallest absolute Gasteiger partial charge is 0.106 e. The minimum atomic E-state index is 0.382. The van der Waals surface area contributed by atoms with Gasteiger partial charge in [0.05, 0.1) is 0 Å². The van der Waals surface area contributed by atoms with Crippen LogP contribution < -0.4 is 11.1 Å². The summed E-state index contributed by atoms with van der Waals surface area (Å²) in [6, 6.07) is 6.12. The maximum atomic E-state index is 5.97. The number of rotatable bonds is 3. The van der Waals surface area contributed by atoms with Gasteiger partial charge in [-0.1, -0.05) is 23.8 Å². The number of likely N-dealkylation sites (tertiary alicyclic amines) is 1. The zero-order chi connectivity index (χ0) is 13.1. The highest BCUT2D eigenvalue weighted by atomic mass is 35.5. The van der Waals surface area contributed by atoms with Gasteiger partial charge in [-0.3, -0.25) is 0 Å². The van der Waals surface area contributed by atoms with E-state index in [1.165, 1.54) is 0 Å². The molecule has 2 rings (SSSR count). The van der Waals surface area contributed by atoms with Crippen molar-refractivity contribution in [1.82, 2.24) is 4.90 Å². The molecule has 0 saturated carbocycles. The molecule has 0 bridgehead atoms. The van der Waals surface area contributed by atoms with Crippen LogP contribution in [0.4, 0.5) is 5.69 Å². The van der Waals surface area contributed by atoms with E-state index in [1.54, 1.807) is 0 Å². The van der Waals surface area contributed by atoms with Crippen LogP contribution in [0.15, 0.2) is 18.2 Å². The molecule has 5 heteroatoms. The summed E-state index contributed by atoms with van der Waals surface area (Å²) in [6.07, 6.45) is 2.27. The van der Waals surface area contributed by atoms with Crippen LogP contribution in [0, 0.1) is 0 Å². The van der Waals surface area contributed by atoms with Crippen molar-refractivity contribution in [1.29, 1.82) is 0 Å². The molecule has 0 aliphatic carbocycles. The van der Waals surface area contributed by atoms with E-state index in [0.717, 1.165) is 37.2 Å². The molecule has 0 radical (unpaired) electrons. The van der Waals surface area contributed by atoms with Gasteiger partial charge in [-0.15, -0.1) is 0 Å². The van der Waals surface area contributed by atoms with Crippen LogP contribution in [-0.2, 0) is 0 Å². The maximum absolute atomic E-state index is 5.97. The van der Waals surface area contributed by atoms with Crippen LogP contribution in [0.25, 0.3) is 0 Å². The molecular formula is C13H18ClN3S. The lowest BCUT2D eigenvalue weighted by Gasteiger charge is -2.30. The van der Waals surface area contributed by atoms with Crippen LogP contribution in [0.5, 0.6) is 0 Å². The Morgan fingerprint density at radius 3 is 2.72 bits per heavy atom. The Morgan fingerprint density at radius 2 is 2.11 bits per heavy atom. The van der Waals surface area contributed by atoms with Crippen molar-refractivity contribution in [2.24, 2.45) is 5.73 Å². The van der Waals surface area contributed by atoms with Crippen molar-refractivity contribution >= 4 is 34.5 Å². The van der Waals surface area contributed by atoms with E-state index in [0.29, 0.717) is 16.1 Å². The molecule has 1 saturated heterocycles. The van der Waals surface area contributed by atoms with Crippen molar-refractivity contribution < 1.29 is 0 Å². The van der Waals surface area contributed by atoms with Crippen molar-refractivity contribution in [3.8, 4) is 0 Å². The Bertz CT molecular complexity index is 442. The van der Waals surface area contributed by atoms with E-state index >= 15 is 0 Å². The fourth-order valence-corrected chi connectivity index (χ4v) is 2.56. The maximum Gasteiger partial charge on any atom is 0.106 e. The molecule has 0 unspecified atom stereocenters. The third kappa shape index (κ3) is 3.34. The molecule has 1 aromatic carbocycles. The van der Waals surface area contributed by atoms with Gasteiger partial charge in [-0.05, 0) is 51.2 Å².